The van der Waals surface area contributed by atoms with E-state index in [1.165, 1.54) is 11.3 Å². The number of aliphatic carboxylic acids is 1. The summed E-state index contributed by atoms with van der Waals surface area (Å²) in [6, 6.07) is 9.32. The van der Waals surface area contributed by atoms with Crippen LogP contribution in [0.25, 0.3) is 10.4 Å². The Kier molecular flexibility index (Phi) is 5.65. The van der Waals surface area contributed by atoms with Crippen LogP contribution in [0.2, 0.25) is 5.02 Å². The van der Waals surface area contributed by atoms with E-state index in [2.05, 4.69) is 5.32 Å². The molecule has 3 rings (SSSR count). The Balaban J connectivity index is 1.74. The van der Waals surface area contributed by atoms with Crippen molar-refractivity contribution in [3.63, 3.8) is 0 Å². The van der Waals surface area contributed by atoms with Crippen molar-refractivity contribution in [2.75, 3.05) is 19.8 Å². The minimum Gasteiger partial charge on any atom is -0.481 e. The molecule has 2 N–H and O–H groups in total. The van der Waals surface area contributed by atoms with Crippen molar-refractivity contribution in [2.24, 2.45) is 5.41 Å². The number of aryl methyl sites for hydroxylation is 1. The number of carbonyl (C=O) groups excluding carboxylic acids is 1. The summed E-state index contributed by atoms with van der Waals surface area (Å²) in [4.78, 5) is 25.8. The molecule has 5 nitrogen and oxygen atoms in total. The topological polar surface area (TPSA) is 75.6 Å². The lowest BCUT2D eigenvalue weighted by Crippen LogP contribution is -2.46. The Morgan fingerprint density at radius 3 is 2.69 bits per heavy atom. The summed E-state index contributed by atoms with van der Waals surface area (Å²) in [6.07, 6.45) is 0.805. The highest BCUT2D eigenvalue weighted by atomic mass is 35.5. The van der Waals surface area contributed by atoms with E-state index in [4.69, 9.17) is 16.3 Å². The van der Waals surface area contributed by atoms with Gasteiger partial charge in [-0.15, -0.1) is 11.3 Å². The van der Waals surface area contributed by atoms with E-state index >= 15 is 0 Å². The van der Waals surface area contributed by atoms with E-state index in [1.807, 2.05) is 31.2 Å². The molecule has 0 aliphatic carbocycles. The van der Waals surface area contributed by atoms with Crippen LogP contribution in [0.4, 0.5) is 0 Å². The predicted molar refractivity (Wildman–Crippen MR) is 102 cm³/mol. The number of ether oxygens (including phenoxy) is 1. The SMILES string of the molecule is Cc1cc(C(=O)NCC2(C(=O)O)CCOCC2)sc1-c1cccc(Cl)c1. The molecule has 0 spiro atoms. The molecule has 1 aromatic heterocycles. The van der Waals surface area contributed by atoms with E-state index in [-0.39, 0.29) is 12.5 Å². The zero-order chi connectivity index (χ0) is 18.7. The van der Waals surface area contributed by atoms with Crippen LogP contribution in [-0.4, -0.2) is 36.7 Å². The fraction of sp³-hybridized carbons (Fsp3) is 0.368. The van der Waals surface area contributed by atoms with Gasteiger partial charge in [-0.2, -0.15) is 0 Å². The van der Waals surface area contributed by atoms with Gasteiger partial charge >= 0.3 is 5.97 Å². The standard InChI is InChI=1S/C19H20ClNO4S/c1-12-9-15(26-16(12)13-3-2-4-14(20)10-13)17(22)21-11-19(18(23)24)5-7-25-8-6-19/h2-4,9-10H,5-8,11H2,1H3,(H,21,22)(H,23,24). The summed E-state index contributed by atoms with van der Waals surface area (Å²) in [5.41, 5.74) is 1.00. The molecular weight excluding hydrogens is 374 g/mol. The van der Waals surface area contributed by atoms with Gasteiger partial charge < -0.3 is 15.2 Å². The highest BCUT2D eigenvalue weighted by Crippen LogP contribution is 2.34. The molecule has 26 heavy (non-hydrogen) atoms. The number of halogens is 1. The first-order valence-electron chi connectivity index (χ1n) is 8.37. The number of carboxylic acids is 1. The smallest absolute Gasteiger partial charge is 0.311 e. The first-order chi connectivity index (χ1) is 12.4. The number of amides is 1. The van der Waals surface area contributed by atoms with Crippen molar-refractivity contribution >= 4 is 34.8 Å². The Bertz CT molecular complexity index is 827. The summed E-state index contributed by atoms with van der Waals surface area (Å²) in [6.45, 7) is 2.85. The second-order valence-corrected chi connectivity index (χ2v) is 8.00. The van der Waals surface area contributed by atoms with Gasteiger partial charge in [0.15, 0.2) is 0 Å². The second kappa shape index (κ2) is 7.78. The molecule has 0 bridgehead atoms. The second-order valence-electron chi connectivity index (χ2n) is 6.51. The van der Waals surface area contributed by atoms with Crippen LogP contribution in [0.15, 0.2) is 30.3 Å². The van der Waals surface area contributed by atoms with Crippen molar-refractivity contribution < 1.29 is 19.4 Å². The lowest BCUT2D eigenvalue weighted by Gasteiger charge is -2.33. The number of carbonyl (C=O) groups is 2. The van der Waals surface area contributed by atoms with Crippen molar-refractivity contribution in [1.82, 2.24) is 5.32 Å². The van der Waals surface area contributed by atoms with E-state index in [0.717, 1.165) is 16.0 Å². The number of nitrogens with one attached hydrogen (secondary N) is 1. The number of hydrogen-bond donors (Lipinski definition) is 2. The minimum absolute atomic E-state index is 0.105. The van der Waals surface area contributed by atoms with Crippen molar-refractivity contribution in [1.29, 1.82) is 0 Å². The van der Waals surface area contributed by atoms with Gasteiger partial charge in [-0.05, 0) is 49.1 Å². The maximum Gasteiger partial charge on any atom is 0.311 e. The number of rotatable bonds is 5. The predicted octanol–water partition coefficient (Wildman–Crippen LogP) is 3.99. The lowest BCUT2D eigenvalue weighted by molar-refractivity contribution is -0.154. The molecule has 2 heterocycles. The van der Waals surface area contributed by atoms with Gasteiger partial charge in [0.25, 0.3) is 5.91 Å². The molecule has 0 radical (unpaired) electrons. The van der Waals surface area contributed by atoms with Gasteiger partial charge in [-0.3, -0.25) is 9.59 Å². The molecule has 7 heteroatoms. The van der Waals surface area contributed by atoms with Gasteiger partial charge in [-0.1, -0.05) is 23.7 Å². The molecule has 1 aromatic carbocycles. The maximum absolute atomic E-state index is 12.6. The summed E-state index contributed by atoms with van der Waals surface area (Å²) in [5, 5.41) is 13.0. The van der Waals surface area contributed by atoms with Gasteiger partial charge in [0, 0.05) is 29.7 Å². The van der Waals surface area contributed by atoms with Crippen molar-refractivity contribution in [2.45, 2.75) is 19.8 Å². The molecule has 2 aromatic rings. The summed E-state index contributed by atoms with van der Waals surface area (Å²) >= 11 is 7.44. The first-order valence-corrected chi connectivity index (χ1v) is 9.56. The fourth-order valence-electron chi connectivity index (χ4n) is 3.08. The van der Waals surface area contributed by atoms with Crippen LogP contribution in [0, 0.1) is 12.3 Å². The largest absolute Gasteiger partial charge is 0.481 e. The average Bonchev–Trinajstić information content (AvgIpc) is 3.02. The zero-order valence-corrected chi connectivity index (χ0v) is 16.0. The molecule has 1 aliphatic heterocycles. The number of thiophene rings is 1. The van der Waals surface area contributed by atoms with Crippen molar-refractivity contribution in [3.8, 4) is 10.4 Å². The highest BCUT2D eigenvalue weighted by Gasteiger charge is 2.40. The van der Waals surface area contributed by atoms with Gasteiger partial charge in [0.2, 0.25) is 0 Å². The summed E-state index contributed by atoms with van der Waals surface area (Å²) < 4.78 is 5.26. The minimum atomic E-state index is -0.948. The Labute approximate surface area is 160 Å². The zero-order valence-electron chi connectivity index (χ0n) is 14.4. The highest BCUT2D eigenvalue weighted by molar-refractivity contribution is 7.17. The molecule has 0 saturated carbocycles. The molecule has 1 saturated heterocycles. The van der Waals surface area contributed by atoms with Crippen LogP contribution >= 0.6 is 22.9 Å². The summed E-state index contributed by atoms with van der Waals surface area (Å²) in [5.74, 6) is -1.14. The summed E-state index contributed by atoms with van der Waals surface area (Å²) in [7, 11) is 0. The quantitative estimate of drug-likeness (QED) is 0.805. The van der Waals surface area contributed by atoms with Crippen LogP contribution in [-0.2, 0) is 9.53 Å². The van der Waals surface area contributed by atoms with Crippen LogP contribution in [0.5, 0.6) is 0 Å². The van der Waals surface area contributed by atoms with Crippen LogP contribution in [0.3, 0.4) is 0 Å². The lowest BCUT2D eigenvalue weighted by atomic mass is 9.80. The molecule has 138 valence electrons. The Morgan fingerprint density at radius 1 is 1.31 bits per heavy atom. The van der Waals surface area contributed by atoms with E-state index in [1.54, 1.807) is 6.07 Å². The first kappa shape index (κ1) is 18.9. The average molecular weight is 394 g/mol. The van der Waals surface area contributed by atoms with Crippen LogP contribution in [0.1, 0.15) is 28.1 Å². The monoisotopic (exact) mass is 393 g/mol. The number of benzene rings is 1. The third-order valence-electron chi connectivity index (χ3n) is 4.72. The van der Waals surface area contributed by atoms with E-state index < -0.39 is 11.4 Å². The molecule has 0 atom stereocenters. The van der Waals surface area contributed by atoms with Crippen LogP contribution < -0.4 is 5.32 Å². The maximum atomic E-state index is 12.6. The van der Waals surface area contributed by atoms with Gasteiger partial charge in [0.05, 0.1) is 10.3 Å². The molecule has 1 amide bonds. The van der Waals surface area contributed by atoms with Crippen molar-refractivity contribution in [3.05, 3.63) is 45.8 Å². The molecule has 0 unspecified atom stereocenters. The number of carboxylic acid groups (broad SMARTS) is 1. The van der Waals surface area contributed by atoms with E-state index in [0.29, 0.717) is 36.0 Å². The Morgan fingerprint density at radius 2 is 2.04 bits per heavy atom. The van der Waals surface area contributed by atoms with Gasteiger partial charge in [0.1, 0.15) is 0 Å². The number of hydrogen-bond acceptors (Lipinski definition) is 4. The third-order valence-corrected chi connectivity index (χ3v) is 6.24. The van der Waals surface area contributed by atoms with Gasteiger partial charge in [-0.25, -0.2) is 0 Å². The third kappa shape index (κ3) is 3.92. The molecule has 1 aliphatic rings. The normalized spacial score (nSPS) is 16.2. The Hall–Kier alpha value is -1.89. The molecule has 1 fully saturated rings. The molecular formula is C19H20ClNO4S. The fourth-order valence-corrected chi connectivity index (χ4v) is 4.35. The van der Waals surface area contributed by atoms with E-state index in [9.17, 15) is 14.7 Å².